The number of carboxylic acid groups (broad SMARTS) is 1. The number of anilines is 1. The van der Waals surface area contributed by atoms with Gasteiger partial charge < -0.3 is 10.4 Å². The van der Waals surface area contributed by atoms with Crippen LogP contribution in [0.4, 0.5) is 5.00 Å². The van der Waals surface area contributed by atoms with Gasteiger partial charge >= 0.3 is 5.97 Å². The predicted molar refractivity (Wildman–Crippen MR) is 64.5 cm³/mol. The number of aromatic nitrogens is 3. The van der Waals surface area contributed by atoms with Crippen molar-refractivity contribution in [3.8, 4) is 0 Å². The predicted octanol–water partition coefficient (Wildman–Crippen LogP) is 1.07. The van der Waals surface area contributed by atoms with E-state index < -0.39 is 5.97 Å². The summed E-state index contributed by atoms with van der Waals surface area (Å²) in [6.45, 7) is 0.434. The van der Waals surface area contributed by atoms with Crippen LogP contribution >= 0.6 is 11.3 Å². The zero-order chi connectivity index (χ0) is 13.0. The number of nitrogens with zero attached hydrogens (tertiary/aromatic N) is 3. The fraction of sp³-hybridized carbons (Fsp3) is 0.200. The van der Waals surface area contributed by atoms with Crippen LogP contribution in [0.3, 0.4) is 0 Å². The van der Waals surface area contributed by atoms with Gasteiger partial charge in [-0.2, -0.15) is 5.10 Å². The number of hydrogen-bond acceptors (Lipinski definition) is 5. The number of carbonyl (C=O) groups is 2. The lowest BCUT2D eigenvalue weighted by Gasteiger charge is -2.02. The van der Waals surface area contributed by atoms with Gasteiger partial charge in [0.2, 0.25) is 5.91 Å². The van der Waals surface area contributed by atoms with Crippen molar-refractivity contribution in [2.24, 2.45) is 0 Å². The second-order valence-corrected chi connectivity index (χ2v) is 4.51. The van der Waals surface area contributed by atoms with E-state index in [0.29, 0.717) is 11.5 Å². The number of rotatable bonds is 5. The molecule has 8 heteroatoms. The number of nitrogens with one attached hydrogen (secondary N) is 1. The molecule has 0 aliphatic heterocycles. The molecule has 2 N–H and O–H groups in total. The molecule has 0 spiro atoms. The van der Waals surface area contributed by atoms with Gasteiger partial charge in [-0.1, -0.05) is 0 Å². The van der Waals surface area contributed by atoms with Crippen LogP contribution in [0.25, 0.3) is 0 Å². The highest BCUT2D eigenvalue weighted by Gasteiger charge is 2.09. The lowest BCUT2D eigenvalue weighted by atomic mass is 10.4. The zero-order valence-corrected chi connectivity index (χ0v) is 10.1. The van der Waals surface area contributed by atoms with Crippen LogP contribution in [0.2, 0.25) is 0 Å². The molecule has 94 valence electrons. The molecule has 2 rings (SSSR count). The van der Waals surface area contributed by atoms with E-state index >= 15 is 0 Å². The van der Waals surface area contributed by atoms with Crippen molar-refractivity contribution in [3.63, 3.8) is 0 Å². The minimum absolute atomic E-state index is 0.190. The van der Waals surface area contributed by atoms with Crippen LogP contribution in [-0.2, 0) is 11.3 Å². The fourth-order valence-corrected chi connectivity index (χ4v) is 2.05. The maximum absolute atomic E-state index is 11.6. The van der Waals surface area contributed by atoms with E-state index in [2.05, 4.69) is 15.4 Å². The molecule has 0 radical (unpaired) electrons. The minimum Gasteiger partial charge on any atom is -0.477 e. The molecule has 0 fully saturated rings. The van der Waals surface area contributed by atoms with Gasteiger partial charge in [0.1, 0.15) is 17.5 Å². The van der Waals surface area contributed by atoms with Crippen molar-refractivity contribution >= 4 is 28.2 Å². The third-order valence-electron chi connectivity index (χ3n) is 2.11. The summed E-state index contributed by atoms with van der Waals surface area (Å²) in [5.41, 5.74) is 0. The number of hydrogen-bond donors (Lipinski definition) is 2. The van der Waals surface area contributed by atoms with E-state index in [0.717, 1.165) is 11.3 Å². The molecule has 0 unspecified atom stereocenters. The average Bonchev–Trinajstić information content (AvgIpc) is 2.96. The molecule has 2 aromatic rings. The maximum atomic E-state index is 11.6. The summed E-state index contributed by atoms with van der Waals surface area (Å²) in [6, 6.07) is 3.03. The number of aryl methyl sites for hydroxylation is 1. The van der Waals surface area contributed by atoms with Gasteiger partial charge in [-0.05, 0) is 12.1 Å². The molecule has 0 aromatic carbocycles. The third-order valence-corrected chi connectivity index (χ3v) is 3.10. The summed E-state index contributed by atoms with van der Waals surface area (Å²) >= 11 is 1.03. The van der Waals surface area contributed by atoms with E-state index in [1.807, 2.05) is 0 Å². The molecule has 0 saturated carbocycles. The smallest absolute Gasteiger partial charge is 0.345 e. The Bertz CT molecular complexity index is 549. The highest BCUT2D eigenvalue weighted by molar-refractivity contribution is 7.18. The number of carbonyl (C=O) groups excluding carboxylic acids is 1. The van der Waals surface area contributed by atoms with Crippen molar-refractivity contribution in [3.05, 3.63) is 29.7 Å². The first kappa shape index (κ1) is 12.2. The first-order chi connectivity index (χ1) is 8.65. The van der Waals surface area contributed by atoms with E-state index in [4.69, 9.17) is 5.11 Å². The molecular formula is C10H10N4O3S. The first-order valence-corrected chi connectivity index (χ1v) is 5.92. The molecule has 0 aliphatic rings. The van der Waals surface area contributed by atoms with Gasteiger partial charge in [0.25, 0.3) is 0 Å². The summed E-state index contributed by atoms with van der Waals surface area (Å²) in [7, 11) is 0. The SMILES string of the molecule is O=C(CCn1cncn1)Nc1ccc(C(=O)O)s1. The Morgan fingerprint density at radius 3 is 2.89 bits per heavy atom. The third kappa shape index (κ3) is 3.14. The van der Waals surface area contributed by atoms with Crippen LogP contribution in [0, 0.1) is 0 Å². The van der Waals surface area contributed by atoms with Crippen LogP contribution in [0.15, 0.2) is 24.8 Å². The summed E-state index contributed by atoms with van der Waals surface area (Å²) in [6.07, 6.45) is 3.18. The van der Waals surface area contributed by atoms with Crippen LogP contribution in [0.5, 0.6) is 0 Å². The normalized spacial score (nSPS) is 10.2. The Hall–Kier alpha value is -2.22. The standard InChI is InChI=1S/C10H10N4O3S/c15-8(3-4-14-6-11-5-12-14)13-9-2-1-7(18-9)10(16)17/h1-2,5-6H,3-4H2,(H,13,15)(H,16,17). The van der Waals surface area contributed by atoms with Gasteiger partial charge in [0.15, 0.2) is 0 Å². The molecule has 0 bridgehead atoms. The second kappa shape index (κ2) is 5.41. The van der Waals surface area contributed by atoms with Gasteiger partial charge in [0.05, 0.1) is 11.5 Å². The van der Waals surface area contributed by atoms with Gasteiger partial charge in [0, 0.05) is 6.42 Å². The topological polar surface area (TPSA) is 97.1 Å². The number of carboxylic acids is 1. The van der Waals surface area contributed by atoms with Crippen molar-refractivity contribution in [2.45, 2.75) is 13.0 Å². The Balaban J connectivity index is 1.85. The van der Waals surface area contributed by atoms with Crippen LogP contribution in [-0.4, -0.2) is 31.7 Å². The Kier molecular flexibility index (Phi) is 3.68. The number of amides is 1. The lowest BCUT2D eigenvalue weighted by molar-refractivity contribution is -0.116. The van der Waals surface area contributed by atoms with E-state index in [-0.39, 0.29) is 17.2 Å². The summed E-state index contributed by atoms with van der Waals surface area (Å²) < 4.78 is 1.55. The minimum atomic E-state index is -0.997. The molecule has 2 heterocycles. The van der Waals surface area contributed by atoms with Crippen molar-refractivity contribution in [2.75, 3.05) is 5.32 Å². The van der Waals surface area contributed by atoms with Crippen molar-refractivity contribution < 1.29 is 14.7 Å². The average molecular weight is 266 g/mol. The summed E-state index contributed by atoms with van der Waals surface area (Å²) in [5, 5.41) is 15.8. The Morgan fingerprint density at radius 1 is 1.44 bits per heavy atom. The monoisotopic (exact) mass is 266 g/mol. The van der Waals surface area contributed by atoms with Gasteiger partial charge in [-0.3, -0.25) is 9.48 Å². The number of thiophene rings is 1. The molecule has 7 nitrogen and oxygen atoms in total. The van der Waals surface area contributed by atoms with Crippen LogP contribution < -0.4 is 5.32 Å². The molecular weight excluding hydrogens is 256 g/mol. The quantitative estimate of drug-likeness (QED) is 0.843. The zero-order valence-electron chi connectivity index (χ0n) is 9.24. The van der Waals surface area contributed by atoms with E-state index in [9.17, 15) is 9.59 Å². The van der Waals surface area contributed by atoms with E-state index in [1.54, 1.807) is 10.7 Å². The summed E-state index contributed by atoms with van der Waals surface area (Å²) in [4.78, 5) is 26.2. The van der Waals surface area contributed by atoms with Gasteiger partial charge in [-0.25, -0.2) is 9.78 Å². The lowest BCUT2D eigenvalue weighted by Crippen LogP contribution is -2.13. The summed E-state index contributed by atoms with van der Waals surface area (Å²) in [5.74, 6) is -1.19. The van der Waals surface area contributed by atoms with E-state index in [1.165, 1.54) is 18.7 Å². The van der Waals surface area contributed by atoms with Crippen molar-refractivity contribution in [1.82, 2.24) is 14.8 Å². The Labute approximate surface area is 106 Å². The Morgan fingerprint density at radius 2 is 2.28 bits per heavy atom. The molecule has 1 amide bonds. The second-order valence-electron chi connectivity index (χ2n) is 3.43. The largest absolute Gasteiger partial charge is 0.477 e. The molecule has 0 aliphatic carbocycles. The maximum Gasteiger partial charge on any atom is 0.345 e. The van der Waals surface area contributed by atoms with Gasteiger partial charge in [-0.15, -0.1) is 11.3 Å². The molecule has 18 heavy (non-hydrogen) atoms. The highest BCUT2D eigenvalue weighted by atomic mass is 32.1. The fourth-order valence-electron chi connectivity index (χ4n) is 1.28. The molecule has 2 aromatic heterocycles. The van der Waals surface area contributed by atoms with Crippen LogP contribution in [0.1, 0.15) is 16.1 Å². The molecule has 0 saturated heterocycles. The number of aromatic carboxylic acids is 1. The van der Waals surface area contributed by atoms with Crippen molar-refractivity contribution in [1.29, 1.82) is 0 Å². The first-order valence-electron chi connectivity index (χ1n) is 5.10. The molecule has 0 atom stereocenters. The highest BCUT2D eigenvalue weighted by Crippen LogP contribution is 2.21.